The van der Waals surface area contributed by atoms with Crippen molar-refractivity contribution in [1.29, 1.82) is 0 Å². The number of Topliss-reactive ketones (excluding diaryl/α,β-unsaturated/α-hetero) is 2. The van der Waals surface area contributed by atoms with Gasteiger partial charge in [-0.1, -0.05) is 31.5 Å². The van der Waals surface area contributed by atoms with Gasteiger partial charge in [0.15, 0.2) is 11.6 Å². The monoisotopic (exact) mass is 293 g/mol. The molecule has 0 saturated heterocycles. The molecular weight excluding hydrogens is 274 g/mol. The van der Waals surface area contributed by atoms with Crippen LogP contribution in [0.5, 0.6) is 0 Å². The van der Waals surface area contributed by atoms with Crippen LogP contribution in [0.2, 0.25) is 0 Å². The van der Waals surface area contributed by atoms with E-state index in [-0.39, 0.29) is 22.6 Å². The summed E-state index contributed by atoms with van der Waals surface area (Å²) in [6, 6.07) is 0. The first-order chi connectivity index (χ1) is 9.30. The third-order valence-electron chi connectivity index (χ3n) is 3.80. The SMILES string of the molecule is CC1=C(NC=C2C(=O)CC(C)(C)CC2=O)CCC=C1Cl. The molecule has 2 aliphatic rings. The largest absolute Gasteiger partial charge is 0.364 e. The van der Waals surface area contributed by atoms with Crippen molar-refractivity contribution in [2.45, 2.75) is 46.5 Å². The predicted molar refractivity (Wildman–Crippen MR) is 80.1 cm³/mol. The highest BCUT2D eigenvalue weighted by molar-refractivity contribution is 6.32. The molecule has 0 aromatic rings. The second-order valence-electron chi connectivity index (χ2n) is 6.26. The van der Waals surface area contributed by atoms with Crippen LogP contribution in [0.4, 0.5) is 0 Å². The van der Waals surface area contributed by atoms with Gasteiger partial charge >= 0.3 is 0 Å². The van der Waals surface area contributed by atoms with Crippen molar-refractivity contribution in [3.63, 3.8) is 0 Å². The zero-order valence-corrected chi connectivity index (χ0v) is 12.9. The summed E-state index contributed by atoms with van der Waals surface area (Å²) in [5.74, 6) is -0.149. The summed E-state index contributed by atoms with van der Waals surface area (Å²) in [5, 5.41) is 3.85. The molecular formula is C16H20ClNO2. The van der Waals surface area contributed by atoms with Gasteiger partial charge < -0.3 is 5.32 Å². The molecule has 0 spiro atoms. The van der Waals surface area contributed by atoms with Gasteiger partial charge in [-0.05, 0) is 30.8 Å². The van der Waals surface area contributed by atoms with Crippen LogP contribution in [0.15, 0.2) is 34.2 Å². The molecule has 0 bridgehead atoms. The quantitative estimate of drug-likeness (QED) is 0.625. The van der Waals surface area contributed by atoms with Crippen molar-refractivity contribution in [3.05, 3.63) is 34.2 Å². The summed E-state index contributed by atoms with van der Waals surface area (Å²) >= 11 is 6.09. The van der Waals surface area contributed by atoms with Gasteiger partial charge in [-0.3, -0.25) is 9.59 Å². The lowest BCUT2D eigenvalue weighted by molar-refractivity contribution is -0.127. The maximum Gasteiger partial charge on any atom is 0.168 e. The van der Waals surface area contributed by atoms with Crippen LogP contribution in [0.1, 0.15) is 46.5 Å². The lowest BCUT2D eigenvalue weighted by Crippen LogP contribution is -2.32. The van der Waals surface area contributed by atoms with E-state index in [2.05, 4.69) is 5.32 Å². The van der Waals surface area contributed by atoms with E-state index < -0.39 is 0 Å². The molecule has 0 unspecified atom stereocenters. The third kappa shape index (κ3) is 3.21. The molecule has 0 aliphatic heterocycles. The number of rotatable bonds is 2. The van der Waals surface area contributed by atoms with Crippen molar-refractivity contribution < 1.29 is 9.59 Å². The Labute approximate surface area is 124 Å². The topological polar surface area (TPSA) is 46.2 Å². The Morgan fingerprint density at radius 2 is 1.85 bits per heavy atom. The first kappa shape index (κ1) is 15.0. The number of carbonyl (C=O) groups excluding carboxylic acids is 2. The van der Waals surface area contributed by atoms with Crippen LogP contribution in [0.3, 0.4) is 0 Å². The number of carbonyl (C=O) groups is 2. The standard InChI is InChI=1S/C16H20ClNO2/c1-10-12(17)5-4-6-13(10)18-9-11-14(19)7-16(2,3)8-15(11)20/h5,9,18H,4,6-8H2,1-3H3. The van der Waals surface area contributed by atoms with E-state index in [0.29, 0.717) is 12.8 Å². The number of halogens is 1. The highest BCUT2D eigenvalue weighted by Gasteiger charge is 2.35. The molecule has 108 valence electrons. The van der Waals surface area contributed by atoms with Gasteiger partial charge in [0.25, 0.3) is 0 Å². The van der Waals surface area contributed by atoms with Gasteiger partial charge in [0.1, 0.15) is 0 Å². The molecule has 1 fully saturated rings. The molecule has 1 N–H and O–H groups in total. The van der Waals surface area contributed by atoms with Crippen LogP contribution in [0, 0.1) is 5.41 Å². The number of nitrogens with one attached hydrogen (secondary N) is 1. The maximum absolute atomic E-state index is 12.1. The molecule has 0 radical (unpaired) electrons. The fourth-order valence-electron chi connectivity index (χ4n) is 2.61. The fourth-order valence-corrected chi connectivity index (χ4v) is 2.83. The minimum atomic E-state index is -0.225. The first-order valence-corrected chi connectivity index (χ1v) is 7.27. The molecule has 0 heterocycles. The summed E-state index contributed by atoms with van der Waals surface area (Å²) in [6.45, 7) is 5.84. The summed E-state index contributed by atoms with van der Waals surface area (Å²) in [4.78, 5) is 24.1. The molecule has 2 aliphatic carbocycles. The van der Waals surface area contributed by atoms with E-state index in [4.69, 9.17) is 11.6 Å². The van der Waals surface area contributed by atoms with Crippen LogP contribution < -0.4 is 5.32 Å². The Balaban J connectivity index is 2.16. The van der Waals surface area contributed by atoms with E-state index in [9.17, 15) is 9.59 Å². The van der Waals surface area contributed by atoms with Crippen LogP contribution in [-0.4, -0.2) is 11.6 Å². The molecule has 0 aromatic carbocycles. The summed E-state index contributed by atoms with van der Waals surface area (Å²) in [5.41, 5.74) is 2.02. The Hall–Kier alpha value is -1.35. The van der Waals surface area contributed by atoms with Gasteiger partial charge in [0, 0.05) is 29.8 Å². The van der Waals surface area contributed by atoms with Gasteiger partial charge in [0.05, 0.1) is 5.57 Å². The highest BCUT2D eigenvalue weighted by atomic mass is 35.5. The highest BCUT2D eigenvalue weighted by Crippen LogP contribution is 2.33. The Bertz CT molecular complexity index is 531. The van der Waals surface area contributed by atoms with Gasteiger partial charge in [-0.15, -0.1) is 0 Å². The van der Waals surface area contributed by atoms with Crippen molar-refractivity contribution in [1.82, 2.24) is 5.32 Å². The smallest absolute Gasteiger partial charge is 0.168 e. The summed E-state index contributed by atoms with van der Waals surface area (Å²) in [6.07, 6.45) is 6.11. The van der Waals surface area contributed by atoms with Crippen LogP contribution in [-0.2, 0) is 9.59 Å². The molecule has 1 saturated carbocycles. The van der Waals surface area contributed by atoms with Crippen LogP contribution in [0.25, 0.3) is 0 Å². The minimum Gasteiger partial charge on any atom is -0.364 e. The molecule has 3 nitrogen and oxygen atoms in total. The second kappa shape index (κ2) is 5.57. The van der Waals surface area contributed by atoms with Crippen molar-refractivity contribution in [2.24, 2.45) is 5.41 Å². The molecule has 4 heteroatoms. The number of hydrogen-bond donors (Lipinski definition) is 1. The number of hydrogen-bond acceptors (Lipinski definition) is 3. The molecule has 0 amide bonds. The van der Waals surface area contributed by atoms with Crippen molar-refractivity contribution >= 4 is 23.2 Å². The minimum absolute atomic E-state index is 0.0746. The van der Waals surface area contributed by atoms with Crippen molar-refractivity contribution in [2.75, 3.05) is 0 Å². The van der Waals surface area contributed by atoms with E-state index in [1.807, 2.05) is 26.8 Å². The Morgan fingerprint density at radius 1 is 1.25 bits per heavy atom. The fraction of sp³-hybridized carbons (Fsp3) is 0.500. The van der Waals surface area contributed by atoms with Crippen LogP contribution >= 0.6 is 11.6 Å². The van der Waals surface area contributed by atoms with E-state index in [1.54, 1.807) is 6.20 Å². The summed E-state index contributed by atoms with van der Waals surface area (Å²) < 4.78 is 0. The molecule has 2 rings (SSSR count). The van der Waals surface area contributed by atoms with E-state index >= 15 is 0 Å². The third-order valence-corrected chi connectivity index (χ3v) is 4.24. The normalized spacial score (nSPS) is 22.8. The average molecular weight is 294 g/mol. The zero-order valence-electron chi connectivity index (χ0n) is 12.2. The van der Waals surface area contributed by atoms with E-state index in [1.165, 1.54) is 0 Å². The average Bonchev–Trinajstić information content (AvgIpc) is 2.31. The second-order valence-corrected chi connectivity index (χ2v) is 6.67. The lowest BCUT2D eigenvalue weighted by Gasteiger charge is -2.28. The molecule has 0 aromatic heterocycles. The van der Waals surface area contributed by atoms with Gasteiger partial charge in [-0.25, -0.2) is 0 Å². The zero-order chi connectivity index (χ0) is 14.9. The number of allylic oxidation sites excluding steroid dienone is 5. The summed E-state index contributed by atoms with van der Waals surface area (Å²) in [7, 11) is 0. The van der Waals surface area contributed by atoms with Gasteiger partial charge in [-0.2, -0.15) is 0 Å². The molecule has 20 heavy (non-hydrogen) atoms. The van der Waals surface area contributed by atoms with Crippen molar-refractivity contribution in [3.8, 4) is 0 Å². The Kier molecular flexibility index (Phi) is 4.19. The predicted octanol–water partition coefficient (Wildman–Crippen LogP) is 3.61. The van der Waals surface area contributed by atoms with E-state index in [0.717, 1.165) is 29.1 Å². The first-order valence-electron chi connectivity index (χ1n) is 6.89. The molecule has 0 atom stereocenters. The Morgan fingerprint density at radius 3 is 2.45 bits per heavy atom. The lowest BCUT2D eigenvalue weighted by atomic mass is 9.74. The van der Waals surface area contributed by atoms with Gasteiger partial charge in [0.2, 0.25) is 0 Å². The maximum atomic E-state index is 12.1. The number of ketones is 2.